The van der Waals surface area contributed by atoms with Gasteiger partial charge in [-0.15, -0.1) is 0 Å². The zero-order valence-corrected chi connectivity index (χ0v) is 18.3. The Hall–Kier alpha value is -0.373. The molecule has 5 nitrogen and oxygen atoms in total. The van der Waals surface area contributed by atoms with Gasteiger partial charge in [0.05, 0.1) is 27.1 Å². The summed E-state index contributed by atoms with van der Waals surface area (Å²) >= 11 is 18.2. The van der Waals surface area contributed by atoms with Crippen molar-refractivity contribution < 1.29 is 9.45 Å². The molecule has 0 spiro atoms. The number of hydrogen-bond acceptors (Lipinski definition) is 4. The molecule has 0 fully saturated rings. The summed E-state index contributed by atoms with van der Waals surface area (Å²) in [5.74, 6) is 0. The average Bonchev–Trinajstić information content (AvgIpc) is 2.50. The van der Waals surface area contributed by atoms with Crippen molar-refractivity contribution in [3.8, 4) is 0 Å². The van der Waals surface area contributed by atoms with Crippen molar-refractivity contribution in [2.45, 2.75) is 58.8 Å². The molecule has 0 saturated carbocycles. The Bertz CT molecular complexity index is 615. The van der Waals surface area contributed by atoms with Gasteiger partial charge in [-0.25, -0.2) is 0 Å². The Labute approximate surface area is 165 Å². The van der Waals surface area contributed by atoms with Crippen LogP contribution in [0.5, 0.6) is 0 Å². The SMILES string of the molecule is CCCC[Si](C)(C)ON(CCC)Cc1c(Cl)cc(Cl)c(Cl)c1[N+](=O)[O-]. The van der Waals surface area contributed by atoms with E-state index in [0.29, 0.717) is 12.1 Å². The number of hydrogen-bond donors (Lipinski definition) is 0. The second-order valence-corrected chi connectivity index (χ2v) is 12.0. The van der Waals surface area contributed by atoms with Crippen LogP contribution in [0.2, 0.25) is 34.2 Å². The maximum Gasteiger partial charge on any atom is 0.295 e. The summed E-state index contributed by atoms with van der Waals surface area (Å²) in [6.07, 6.45) is 3.07. The van der Waals surface area contributed by atoms with Crippen LogP contribution < -0.4 is 0 Å². The Morgan fingerprint density at radius 3 is 2.36 bits per heavy atom. The Morgan fingerprint density at radius 2 is 1.84 bits per heavy atom. The van der Waals surface area contributed by atoms with Crippen LogP contribution in [-0.2, 0) is 11.1 Å². The monoisotopic (exact) mass is 426 g/mol. The third kappa shape index (κ3) is 6.70. The predicted molar refractivity (Wildman–Crippen MR) is 107 cm³/mol. The molecule has 0 aliphatic rings. The summed E-state index contributed by atoms with van der Waals surface area (Å²) in [5.41, 5.74) is 0.0757. The van der Waals surface area contributed by atoms with Gasteiger partial charge in [0, 0.05) is 6.54 Å². The van der Waals surface area contributed by atoms with Crippen molar-refractivity contribution in [1.29, 1.82) is 0 Å². The minimum Gasteiger partial charge on any atom is -0.343 e. The van der Waals surface area contributed by atoms with Crippen LogP contribution in [0.25, 0.3) is 0 Å². The van der Waals surface area contributed by atoms with Crippen LogP contribution >= 0.6 is 34.8 Å². The van der Waals surface area contributed by atoms with Gasteiger partial charge in [-0.1, -0.05) is 61.5 Å². The molecule has 0 heterocycles. The molecule has 1 aromatic rings. The number of nitro benzene ring substituents is 1. The average molecular weight is 428 g/mol. The molecule has 0 aromatic heterocycles. The molecule has 1 aromatic carbocycles. The largest absolute Gasteiger partial charge is 0.343 e. The zero-order valence-electron chi connectivity index (χ0n) is 15.1. The highest BCUT2D eigenvalue weighted by Crippen LogP contribution is 2.40. The Morgan fingerprint density at radius 1 is 1.20 bits per heavy atom. The maximum absolute atomic E-state index is 11.5. The van der Waals surface area contributed by atoms with Gasteiger partial charge in [0.15, 0.2) is 0 Å². The van der Waals surface area contributed by atoms with E-state index in [0.717, 1.165) is 25.3 Å². The van der Waals surface area contributed by atoms with Gasteiger partial charge < -0.3 is 4.53 Å². The number of rotatable bonds is 10. The number of nitro groups is 1. The third-order valence-electron chi connectivity index (χ3n) is 3.74. The fourth-order valence-corrected chi connectivity index (χ4v) is 5.44. The van der Waals surface area contributed by atoms with Crippen LogP contribution in [0.3, 0.4) is 0 Å². The summed E-state index contributed by atoms with van der Waals surface area (Å²) in [6.45, 7) is 9.32. The topological polar surface area (TPSA) is 55.6 Å². The molecule has 0 radical (unpaired) electrons. The van der Waals surface area contributed by atoms with Crippen molar-refractivity contribution in [2.24, 2.45) is 0 Å². The Balaban J connectivity index is 3.14. The standard InChI is InChI=1S/C16H25Cl3N2O3Si/c1-5-7-9-25(3,4)24-20(8-6-2)11-12-13(17)10-14(18)15(19)16(12)21(22)23/h10H,5-9,11H2,1-4H3. The fraction of sp³-hybridized carbons (Fsp3) is 0.625. The molecule has 0 saturated heterocycles. The zero-order chi connectivity index (χ0) is 19.2. The van der Waals surface area contributed by atoms with Gasteiger partial charge in [0.1, 0.15) is 5.02 Å². The molecule has 0 amide bonds. The summed E-state index contributed by atoms with van der Waals surface area (Å²) in [5, 5.41) is 13.4. The van der Waals surface area contributed by atoms with Gasteiger partial charge in [0.25, 0.3) is 5.69 Å². The molecule has 0 N–H and O–H groups in total. The first-order chi connectivity index (χ1) is 11.6. The van der Waals surface area contributed by atoms with E-state index in [2.05, 4.69) is 20.0 Å². The lowest BCUT2D eigenvalue weighted by Crippen LogP contribution is -2.40. The van der Waals surface area contributed by atoms with E-state index >= 15 is 0 Å². The van der Waals surface area contributed by atoms with Crippen molar-refractivity contribution in [3.05, 3.63) is 36.8 Å². The summed E-state index contributed by atoms with van der Waals surface area (Å²) in [4.78, 5) is 10.9. The smallest absolute Gasteiger partial charge is 0.295 e. The second-order valence-electron chi connectivity index (χ2n) is 6.56. The molecular formula is C16H25Cl3N2O3Si. The second kappa shape index (κ2) is 10.1. The molecule has 0 atom stereocenters. The highest BCUT2D eigenvalue weighted by atomic mass is 35.5. The lowest BCUT2D eigenvalue weighted by molar-refractivity contribution is -0.385. The summed E-state index contributed by atoms with van der Waals surface area (Å²) in [7, 11) is -1.91. The van der Waals surface area contributed by atoms with Crippen LogP contribution in [0.1, 0.15) is 38.7 Å². The number of hydroxylamine groups is 2. The number of unbranched alkanes of at least 4 members (excludes halogenated alkanes) is 1. The highest BCUT2D eigenvalue weighted by molar-refractivity contribution is 6.71. The van der Waals surface area contributed by atoms with Gasteiger partial charge in [-0.3, -0.25) is 10.1 Å². The number of nitrogens with zero attached hydrogens (tertiary/aromatic N) is 2. The van der Waals surface area contributed by atoms with E-state index in [-0.39, 0.29) is 27.3 Å². The van der Waals surface area contributed by atoms with Gasteiger partial charge >= 0.3 is 0 Å². The predicted octanol–water partition coefficient (Wildman–Crippen LogP) is 6.70. The first kappa shape index (κ1) is 22.7. The highest BCUT2D eigenvalue weighted by Gasteiger charge is 2.30. The number of halogens is 3. The molecule has 0 bridgehead atoms. The van der Waals surface area contributed by atoms with Crippen LogP contribution in [0.15, 0.2) is 6.07 Å². The van der Waals surface area contributed by atoms with Crippen LogP contribution in [-0.4, -0.2) is 24.8 Å². The molecule has 25 heavy (non-hydrogen) atoms. The third-order valence-corrected chi connectivity index (χ3v) is 7.17. The van der Waals surface area contributed by atoms with Crippen molar-refractivity contribution in [1.82, 2.24) is 5.06 Å². The maximum atomic E-state index is 11.5. The van der Waals surface area contributed by atoms with E-state index < -0.39 is 13.2 Å². The molecule has 1 rings (SSSR count). The molecular weight excluding hydrogens is 403 g/mol. The molecule has 0 aliphatic carbocycles. The normalized spacial score (nSPS) is 12.0. The lowest BCUT2D eigenvalue weighted by atomic mass is 10.1. The van der Waals surface area contributed by atoms with E-state index in [1.54, 1.807) is 5.06 Å². The lowest BCUT2D eigenvalue weighted by Gasteiger charge is -2.31. The van der Waals surface area contributed by atoms with Gasteiger partial charge in [-0.05, 0) is 31.6 Å². The molecule has 9 heteroatoms. The molecule has 142 valence electrons. The van der Waals surface area contributed by atoms with Crippen molar-refractivity contribution >= 4 is 48.8 Å². The quantitative estimate of drug-likeness (QED) is 0.180. The van der Waals surface area contributed by atoms with Crippen LogP contribution in [0.4, 0.5) is 5.69 Å². The molecule has 0 unspecified atom stereocenters. The fourth-order valence-electron chi connectivity index (χ4n) is 2.54. The minimum atomic E-state index is -1.91. The van der Waals surface area contributed by atoms with E-state index in [9.17, 15) is 10.1 Å². The number of benzene rings is 1. The minimum absolute atomic E-state index is 0.0720. The first-order valence-corrected chi connectivity index (χ1v) is 12.6. The van der Waals surface area contributed by atoms with E-state index in [4.69, 9.17) is 39.3 Å². The van der Waals surface area contributed by atoms with Gasteiger partial charge in [-0.2, -0.15) is 5.06 Å². The van der Waals surface area contributed by atoms with Gasteiger partial charge in [0.2, 0.25) is 8.32 Å². The Kier molecular flexibility index (Phi) is 9.15. The van der Waals surface area contributed by atoms with Crippen molar-refractivity contribution in [3.63, 3.8) is 0 Å². The first-order valence-electron chi connectivity index (χ1n) is 8.37. The van der Waals surface area contributed by atoms with E-state index in [1.165, 1.54) is 6.07 Å². The summed E-state index contributed by atoms with van der Waals surface area (Å²) < 4.78 is 6.26. The van der Waals surface area contributed by atoms with Crippen molar-refractivity contribution in [2.75, 3.05) is 6.54 Å². The molecule has 0 aliphatic heterocycles. The van der Waals surface area contributed by atoms with Crippen LogP contribution in [0, 0.1) is 10.1 Å². The van der Waals surface area contributed by atoms with E-state index in [1.807, 2.05) is 6.92 Å². The summed E-state index contributed by atoms with van der Waals surface area (Å²) in [6, 6.07) is 2.47.